The minimum atomic E-state index is -4.00. The summed E-state index contributed by atoms with van der Waals surface area (Å²) in [6, 6.07) is 18.1. The highest BCUT2D eigenvalue weighted by Gasteiger charge is 2.28. The second-order valence-electron chi connectivity index (χ2n) is 9.09. The first-order valence-corrected chi connectivity index (χ1v) is 15.0. The number of hydrogen-bond donors (Lipinski definition) is 0. The van der Waals surface area contributed by atoms with E-state index in [1.165, 1.54) is 46.1 Å². The van der Waals surface area contributed by atoms with Crippen LogP contribution in [0.2, 0.25) is 0 Å². The number of rotatable bonds is 10. The molecule has 0 amide bonds. The Morgan fingerprint density at radius 3 is 2.54 bits per heavy atom. The van der Waals surface area contributed by atoms with Gasteiger partial charge in [-0.3, -0.25) is 4.98 Å². The van der Waals surface area contributed by atoms with Gasteiger partial charge in [0.1, 0.15) is 11.6 Å². The predicted octanol–water partition coefficient (Wildman–Crippen LogP) is 6.14. The zero-order valence-electron chi connectivity index (χ0n) is 22.3. The second-order valence-corrected chi connectivity index (χ2v) is 11.8. The average molecular weight is 592 g/mol. The Kier molecular flexibility index (Phi) is 8.27. The Bertz CT molecular complexity index is 1790. The molecule has 5 rings (SSSR count). The highest BCUT2D eigenvalue weighted by Crippen LogP contribution is 2.36. The highest BCUT2D eigenvalue weighted by atomic mass is 32.2. The molecule has 0 atom stereocenters. The number of hydrogen-bond acceptors (Lipinski definition) is 8. The molecule has 0 saturated carbocycles. The second kappa shape index (κ2) is 12.0. The van der Waals surface area contributed by atoms with Crippen LogP contribution in [0, 0.1) is 12.7 Å². The topological polar surface area (TPSA) is 98.7 Å². The van der Waals surface area contributed by atoms with E-state index in [1.807, 2.05) is 31.2 Å². The van der Waals surface area contributed by atoms with E-state index in [0.717, 1.165) is 11.1 Å². The van der Waals surface area contributed by atoms with Gasteiger partial charge in [-0.1, -0.05) is 35.9 Å². The molecule has 0 aliphatic carbocycles. The molecular weight excluding hydrogens is 565 g/mol. The summed E-state index contributed by atoms with van der Waals surface area (Å²) in [6.45, 7) is 3.56. The molecule has 0 bridgehead atoms. The third-order valence-corrected chi connectivity index (χ3v) is 8.89. The van der Waals surface area contributed by atoms with Gasteiger partial charge in [-0.25, -0.2) is 26.9 Å². The molecule has 3 aromatic carbocycles. The Morgan fingerprint density at radius 1 is 1.00 bits per heavy atom. The molecular formula is C30H26FN3O5S2. The lowest BCUT2D eigenvalue weighted by Gasteiger charge is -2.22. The van der Waals surface area contributed by atoms with Crippen molar-refractivity contribution in [3.05, 3.63) is 101 Å². The number of benzene rings is 3. The lowest BCUT2D eigenvalue weighted by atomic mass is 10.0. The molecule has 0 aliphatic heterocycles. The third-order valence-electron chi connectivity index (χ3n) is 6.25. The van der Waals surface area contributed by atoms with E-state index in [9.17, 15) is 17.6 Å². The van der Waals surface area contributed by atoms with Crippen LogP contribution in [-0.2, 0) is 26.1 Å². The highest BCUT2D eigenvalue weighted by molar-refractivity contribution is 7.93. The van der Waals surface area contributed by atoms with E-state index >= 15 is 0 Å². The van der Waals surface area contributed by atoms with Gasteiger partial charge >= 0.3 is 5.97 Å². The first-order chi connectivity index (χ1) is 19.8. The van der Waals surface area contributed by atoms with E-state index in [2.05, 4.69) is 9.97 Å². The maximum absolute atomic E-state index is 14.1. The number of esters is 1. The number of thiazole rings is 1. The number of nitrogens with zero attached hydrogens (tertiary/aromatic N) is 3. The fourth-order valence-corrected chi connectivity index (χ4v) is 6.58. The smallest absolute Gasteiger partial charge is 0.344 e. The number of aromatic nitrogens is 2. The van der Waals surface area contributed by atoms with Crippen molar-refractivity contribution < 1.29 is 27.1 Å². The van der Waals surface area contributed by atoms with Crippen LogP contribution in [0.15, 0.2) is 89.4 Å². The zero-order valence-corrected chi connectivity index (χ0v) is 23.9. The summed E-state index contributed by atoms with van der Waals surface area (Å²) in [5.41, 5.74) is 2.79. The number of aryl methyl sites for hydroxylation is 1. The average Bonchev–Trinajstić information content (AvgIpc) is 3.50. The van der Waals surface area contributed by atoms with Crippen molar-refractivity contribution in [1.29, 1.82) is 0 Å². The molecule has 0 unspecified atom stereocenters. The van der Waals surface area contributed by atoms with Crippen LogP contribution in [-0.4, -0.2) is 37.6 Å². The van der Waals surface area contributed by atoms with E-state index in [-0.39, 0.29) is 23.8 Å². The molecule has 0 spiro atoms. The monoisotopic (exact) mass is 591 g/mol. The van der Waals surface area contributed by atoms with Crippen molar-refractivity contribution in [1.82, 2.24) is 9.97 Å². The first-order valence-electron chi connectivity index (χ1n) is 12.7. The van der Waals surface area contributed by atoms with Gasteiger partial charge < -0.3 is 9.47 Å². The molecule has 2 aromatic heterocycles. The fraction of sp³-hybridized carbons (Fsp3) is 0.167. The zero-order chi connectivity index (χ0) is 29.0. The Hall–Kier alpha value is -4.35. The molecule has 8 nitrogen and oxygen atoms in total. The molecule has 210 valence electrons. The number of carbonyl (C=O) groups is 1. The van der Waals surface area contributed by atoms with Crippen LogP contribution in [0.4, 0.5) is 9.52 Å². The summed E-state index contributed by atoms with van der Waals surface area (Å²) in [4.78, 5) is 20.7. The number of pyridine rings is 1. The molecule has 2 heterocycles. The number of fused-ring (bicyclic) bond motifs is 1. The summed E-state index contributed by atoms with van der Waals surface area (Å²) in [7, 11) is -4.00. The molecule has 5 aromatic rings. The van der Waals surface area contributed by atoms with Crippen LogP contribution in [0.3, 0.4) is 0 Å². The van der Waals surface area contributed by atoms with Crippen molar-refractivity contribution in [3.8, 4) is 17.0 Å². The molecule has 11 heteroatoms. The maximum Gasteiger partial charge on any atom is 0.344 e. The number of carbonyl (C=O) groups excluding carboxylic acids is 1. The van der Waals surface area contributed by atoms with E-state index in [1.54, 1.807) is 36.7 Å². The van der Waals surface area contributed by atoms with Gasteiger partial charge in [-0.15, -0.1) is 11.3 Å². The van der Waals surface area contributed by atoms with Gasteiger partial charge in [-0.2, -0.15) is 0 Å². The number of anilines is 1. The number of ether oxygens (including phenoxy) is 2. The third kappa shape index (κ3) is 6.21. The van der Waals surface area contributed by atoms with Gasteiger partial charge in [-0.05, 0) is 55.1 Å². The van der Waals surface area contributed by atoms with E-state index in [4.69, 9.17) is 9.47 Å². The largest absolute Gasteiger partial charge is 0.481 e. The predicted molar refractivity (Wildman–Crippen MR) is 156 cm³/mol. The quantitative estimate of drug-likeness (QED) is 0.180. The standard InChI is InChI=1S/C30H26FN3O5S2/c1-3-38-28(35)19-39-27-17-23(31)8-10-26(27)29-25-11-9-24(16-22(25)12-13-32-29)41(36,37)34(30-33-14-15-40-30)18-21-6-4-20(2)5-7-21/h4-17H,3,18-19H2,1-2H3. The first kappa shape index (κ1) is 28.2. The van der Waals surface area contributed by atoms with Gasteiger partial charge in [0.2, 0.25) is 0 Å². The Morgan fingerprint density at radius 2 is 1.80 bits per heavy atom. The minimum absolute atomic E-state index is 0.0855. The molecule has 0 N–H and O–H groups in total. The number of sulfonamides is 1. The van der Waals surface area contributed by atoms with Crippen molar-refractivity contribution in [2.75, 3.05) is 17.5 Å². The van der Waals surface area contributed by atoms with Crippen molar-refractivity contribution in [2.45, 2.75) is 25.3 Å². The maximum atomic E-state index is 14.1. The summed E-state index contributed by atoms with van der Waals surface area (Å²) < 4.78 is 53.8. The van der Waals surface area contributed by atoms with Crippen molar-refractivity contribution >= 4 is 43.2 Å². The van der Waals surface area contributed by atoms with Gasteiger partial charge in [0, 0.05) is 34.8 Å². The van der Waals surface area contributed by atoms with Crippen LogP contribution < -0.4 is 9.04 Å². The SMILES string of the molecule is CCOC(=O)COc1cc(F)ccc1-c1nccc2cc(S(=O)(=O)N(Cc3ccc(C)cc3)c3nccs3)ccc12. The van der Waals surface area contributed by atoms with Crippen molar-refractivity contribution in [2.24, 2.45) is 0 Å². The van der Waals surface area contributed by atoms with Crippen LogP contribution in [0.5, 0.6) is 5.75 Å². The van der Waals surface area contributed by atoms with Gasteiger partial charge in [0.15, 0.2) is 11.7 Å². The van der Waals surface area contributed by atoms with Crippen LogP contribution in [0.1, 0.15) is 18.1 Å². The van der Waals surface area contributed by atoms with E-state index in [0.29, 0.717) is 27.2 Å². The van der Waals surface area contributed by atoms with Gasteiger partial charge in [0.25, 0.3) is 10.0 Å². The summed E-state index contributed by atoms with van der Waals surface area (Å²) in [5.74, 6) is -1.02. The molecule has 0 aliphatic rings. The van der Waals surface area contributed by atoms with Crippen molar-refractivity contribution in [3.63, 3.8) is 0 Å². The summed E-state index contributed by atoms with van der Waals surface area (Å²) in [5, 5.41) is 3.32. The number of halogens is 1. The summed E-state index contributed by atoms with van der Waals surface area (Å²) >= 11 is 1.24. The molecule has 0 radical (unpaired) electrons. The van der Waals surface area contributed by atoms with Crippen LogP contribution in [0.25, 0.3) is 22.0 Å². The van der Waals surface area contributed by atoms with Gasteiger partial charge in [0.05, 0.1) is 23.7 Å². The molecule has 41 heavy (non-hydrogen) atoms. The lowest BCUT2D eigenvalue weighted by Crippen LogP contribution is -2.30. The minimum Gasteiger partial charge on any atom is -0.481 e. The van der Waals surface area contributed by atoms with E-state index < -0.39 is 28.4 Å². The fourth-order valence-electron chi connectivity index (χ4n) is 4.26. The summed E-state index contributed by atoms with van der Waals surface area (Å²) in [6.07, 6.45) is 3.11. The Balaban J connectivity index is 1.53. The van der Waals surface area contributed by atoms with Crippen LogP contribution >= 0.6 is 11.3 Å². The normalized spacial score (nSPS) is 11.4. The Labute approximate surface area is 241 Å². The molecule has 0 saturated heterocycles. The molecule has 0 fully saturated rings. The lowest BCUT2D eigenvalue weighted by molar-refractivity contribution is -0.145.